The molecule has 27 heavy (non-hydrogen) atoms. The summed E-state index contributed by atoms with van der Waals surface area (Å²) >= 11 is 0. The summed E-state index contributed by atoms with van der Waals surface area (Å²) in [5, 5.41) is 0.946. The van der Waals surface area contributed by atoms with E-state index in [1.54, 1.807) is 7.11 Å². The standard InChI is InChI=1S/C23H24N2O2/c1-4-16-8-9-21-19(13-16)20(12-15(2)24-21)23(26)25-11-10-22(25)17-6-5-7-18(14-17)27-3/h5-9,12-14,22H,4,10-11H2,1-3H3/t22-/m1/s1. The third-order valence-corrected chi connectivity index (χ3v) is 5.40. The molecule has 0 saturated carbocycles. The van der Waals surface area contributed by atoms with E-state index in [1.165, 1.54) is 5.56 Å². The number of pyridine rings is 1. The van der Waals surface area contributed by atoms with Crippen LogP contribution in [0, 0.1) is 6.92 Å². The quantitative estimate of drug-likeness (QED) is 0.677. The second kappa shape index (κ2) is 7.03. The van der Waals surface area contributed by atoms with Crippen LogP contribution in [0.3, 0.4) is 0 Å². The van der Waals surface area contributed by atoms with Crippen LogP contribution in [0.1, 0.15) is 46.6 Å². The van der Waals surface area contributed by atoms with Crippen molar-refractivity contribution in [2.24, 2.45) is 0 Å². The van der Waals surface area contributed by atoms with Crippen molar-refractivity contribution in [2.45, 2.75) is 32.7 Å². The lowest BCUT2D eigenvalue weighted by molar-refractivity contribution is 0.0462. The van der Waals surface area contributed by atoms with Crippen molar-refractivity contribution in [3.8, 4) is 5.75 Å². The molecule has 1 aliphatic rings. The van der Waals surface area contributed by atoms with Gasteiger partial charge < -0.3 is 9.64 Å². The first-order chi connectivity index (χ1) is 13.1. The van der Waals surface area contributed by atoms with E-state index in [2.05, 4.69) is 30.1 Å². The monoisotopic (exact) mass is 360 g/mol. The van der Waals surface area contributed by atoms with Crippen LogP contribution in [0.25, 0.3) is 10.9 Å². The molecule has 4 nitrogen and oxygen atoms in total. The summed E-state index contributed by atoms with van der Waals surface area (Å²) in [5.74, 6) is 0.905. The second-order valence-corrected chi connectivity index (χ2v) is 7.10. The van der Waals surface area contributed by atoms with Crippen LogP contribution in [0.2, 0.25) is 0 Å². The topological polar surface area (TPSA) is 42.4 Å². The lowest BCUT2D eigenvalue weighted by Crippen LogP contribution is -2.45. The highest BCUT2D eigenvalue weighted by atomic mass is 16.5. The Morgan fingerprint density at radius 1 is 1.22 bits per heavy atom. The molecule has 4 heteroatoms. The van der Waals surface area contributed by atoms with Gasteiger partial charge in [0.1, 0.15) is 5.75 Å². The molecule has 1 saturated heterocycles. The number of nitrogens with zero attached hydrogens (tertiary/aromatic N) is 2. The number of rotatable bonds is 4. The molecule has 1 aliphatic heterocycles. The molecule has 1 amide bonds. The SMILES string of the molecule is CCc1ccc2nc(C)cc(C(=O)N3CC[C@@H]3c3cccc(OC)c3)c2c1. The largest absolute Gasteiger partial charge is 0.497 e. The van der Waals surface area contributed by atoms with Gasteiger partial charge in [0, 0.05) is 17.6 Å². The molecule has 2 aromatic carbocycles. The molecule has 0 aliphatic carbocycles. The Balaban J connectivity index is 1.72. The lowest BCUT2D eigenvalue weighted by atomic mass is 9.92. The Morgan fingerprint density at radius 2 is 2.07 bits per heavy atom. The van der Waals surface area contributed by atoms with Crippen molar-refractivity contribution in [2.75, 3.05) is 13.7 Å². The summed E-state index contributed by atoms with van der Waals surface area (Å²) < 4.78 is 5.34. The number of hydrogen-bond donors (Lipinski definition) is 0. The predicted octanol–water partition coefficient (Wildman–Crippen LogP) is 4.70. The van der Waals surface area contributed by atoms with E-state index < -0.39 is 0 Å². The molecule has 2 heterocycles. The first-order valence-corrected chi connectivity index (χ1v) is 9.46. The number of methoxy groups -OCH3 is 1. The predicted molar refractivity (Wildman–Crippen MR) is 107 cm³/mol. The summed E-state index contributed by atoms with van der Waals surface area (Å²) in [7, 11) is 1.67. The minimum absolute atomic E-state index is 0.0813. The van der Waals surface area contributed by atoms with E-state index in [0.29, 0.717) is 0 Å². The summed E-state index contributed by atoms with van der Waals surface area (Å²) in [6, 6.07) is 16.2. The first kappa shape index (κ1) is 17.5. The molecule has 1 fully saturated rings. The number of likely N-dealkylation sites (tertiary alicyclic amines) is 1. The average Bonchev–Trinajstić information content (AvgIpc) is 2.66. The fraction of sp³-hybridized carbons (Fsp3) is 0.304. The molecular formula is C23H24N2O2. The maximum absolute atomic E-state index is 13.4. The first-order valence-electron chi connectivity index (χ1n) is 9.46. The molecule has 0 N–H and O–H groups in total. The van der Waals surface area contributed by atoms with Crippen molar-refractivity contribution >= 4 is 16.8 Å². The van der Waals surface area contributed by atoms with Gasteiger partial charge in [-0.1, -0.05) is 25.1 Å². The maximum Gasteiger partial charge on any atom is 0.255 e. The molecule has 0 spiro atoms. The van der Waals surface area contributed by atoms with Gasteiger partial charge in [-0.05, 0) is 61.2 Å². The highest BCUT2D eigenvalue weighted by molar-refractivity contribution is 6.06. The van der Waals surface area contributed by atoms with E-state index in [-0.39, 0.29) is 11.9 Å². The van der Waals surface area contributed by atoms with Gasteiger partial charge >= 0.3 is 0 Å². The van der Waals surface area contributed by atoms with Crippen molar-refractivity contribution in [1.82, 2.24) is 9.88 Å². The molecule has 138 valence electrons. The van der Waals surface area contributed by atoms with Gasteiger partial charge in [0.25, 0.3) is 5.91 Å². The van der Waals surface area contributed by atoms with Crippen molar-refractivity contribution in [3.05, 3.63) is 70.9 Å². The molecule has 0 radical (unpaired) electrons. The maximum atomic E-state index is 13.4. The number of carbonyl (C=O) groups is 1. The van der Waals surface area contributed by atoms with Gasteiger partial charge in [-0.15, -0.1) is 0 Å². The van der Waals surface area contributed by atoms with E-state index >= 15 is 0 Å². The van der Waals surface area contributed by atoms with E-state index in [1.807, 2.05) is 42.2 Å². The highest BCUT2D eigenvalue weighted by Gasteiger charge is 2.34. The Labute approximate surface area is 159 Å². The Morgan fingerprint density at radius 3 is 2.78 bits per heavy atom. The van der Waals surface area contributed by atoms with Crippen LogP contribution in [-0.4, -0.2) is 29.4 Å². The third kappa shape index (κ3) is 3.16. The summed E-state index contributed by atoms with van der Waals surface area (Å²) in [6.07, 6.45) is 1.91. The normalized spacial score (nSPS) is 16.3. The molecule has 0 bridgehead atoms. The molecular weight excluding hydrogens is 336 g/mol. The molecule has 0 unspecified atom stereocenters. The fourth-order valence-electron chi connectivity index (χ4n) is 3.78. The van der Waals surface area contributed by atoms with Gasteiger partial charge in [-0.25, -0.2) is 0 Å². The zero-order valence-electron chi connectivity index (χ0n) is 16.0. The molecule has 4 rings (SSSR count). The fourth-order valence-corrected chi connectivity index (χ4v) is 3.78. The zero-order chi connectivity index (χ0) is 19.0. The van der Waals surface area contributed by atoms with Gasteiger partial charge in [0.15, 0.2) is 0 Å². The van der Waals surface area contributed by atoms with Crippen LogP contribution in [0.4, 0.5) is 0 Å². The number of benzene rings is 2. The second-order valence-electron chi connectivity index (χ2n) is 7.10. The van der Waals surface area contributed by atoms with E-state index in [9.17, 15) is 4.79 Å². The minimum Gasteiger partial charge on any atom is -0.497 e. The van der Waals surface area contributed by atoms with E-state index in [0.717, 1.165) is 52.9 Å². The van der Waals surface area contributed by atoms with E-state index in [4.69, 9.17) is 4.74 Å². The van der Waals surface area contributed by atoms with Crippen LogP contribution in [-0.2, 0) is 6.42 Å². The zero-order valence-corrected chi connectivity index (χ0v) is 16.0. The Hall–Kier alpha value is -2.88. The number of aryl methyl sites for hydroxylation is 2. The lowest BCUT2D eigenvalue weighted by Gasteiger charge is -2.41. The smallest absolute Gasteiger partial charge is 0.255 e. The molecule has 1 aromatic heterocycles. The molecule has 3 aromatic rings. The highest BCUT2D eigenvalue weighted by Crippen LogP contribution is 2.36. The minimum atomic E-state index is 0.0813. The number of fused-ring (bicyclic) bond motifs is 1. The van der Waals surface area contributed by atoms with Crippen LogP contribution in [0.5, 0.6) is 5.75 Å². The van der Waals surface area contributed by atoms with Crippen molar-refractivity contribution < 1.29 is 9.53 Å². The summed E-state index contributed by atoms with van der Waals surface area (Å²) in [6.45, 7) is 4.84. The van der Waals surface area contributed by atoms with Gasteiger partial charge in [-0.3, -0.25) is 9.78 Å². The number of amides is 1. The Bertz CT molecular complexity index is 1010. The molecule has 1 atom stereocenters. The number of carbonyl (C=O) groups excluding carboxylic acids is 1. The third-order valence-electron chi connectivity index (χ3n) is 5.40. The van der Waals surface area contributed by atoms with Crippen LogP contribution < -0.4 is 4.74 Å². The number of ether oxygens (including phenoxy) is 1. The summed E-state index contributed by atoms with van der Waals surface area (Å²) in [4.78, 5) is 20.0. The number of hydrogen-bond acceptors (Lipinski definition) is 3. The summed E-state index contributed by atoms with van der Waals surface area (Å²) in [5.41, 5.74) is 4.84. The Kier molecular flexibility index (Phi) is 4.56. The van der Waals surface area contributed by atoms with Gasteiger partial charge in [0.05, 0.1) is 24.2 Å². The van der Waals surface area contributed by atoms with Crippen molar-refractivity contribution in [1.29, 1.82) is 0 Å². The van der Waals surface area contributed by atoms with Gasteiger partial charge in [-0.2, -0.15) is 0 Å². The average molecular weight is 360 g/mol. The van der Waals surface area contributed by atoms with Crippen LogP contribution >= 0.6 is 0 Å². The number of aromatic nitrogens is 1. The van der Waals surface area contributed by atoms with Crippen molar-refractivity contribution in [3.63, 3.8) is 0 Å². The van der Waals surface area contributed by atoms with Gasteiger partial charge in [0.2, 0.25) is 0 Å². The van der Waals surface area contributed by atoms with Crippen LogP contribution in [0.15, 0.2) is 48.5 Å².